The van der Waals surface area contributed by atoms with Crippen molar-refractivity contribution in [1.82, 2.24) is 10.2 Å². The second-order valence-corrected chi connectivity index (χ2v) is 5.10. The van der Waals surface area contributed by atoms with Crippen LogP contribution in [0.1, 0.15) is 13.8 Å². The van der Waals surface area contributed by atoms with Crippen LogP contribution in [0.2, 0.25) is 0 Å². The zero-order valence-corrected chi connectivity index (χ0v) is 11.9. The summed E-state index contributed by atoms with van der Waals surface area (Å²) in [5.41, 5.74) is 0. The zero-order chi connectivity index (χ0) is 12.7. The largest absolute Gasteiger partial charge is 0.383 e. The monoisotopic (exact) mass is 264 g/mol. The molecule has 1 heterocycles. The van der Waals surface area contributed by atoms with Gasteiger partial charge in [-0.05, 0) is 13.8 Å². The van der Waals surface area contributed by atoms with E-state index in [1.165, 1.54) is 0 Å². The van der Waals surface area contributed by atoms with Gasteiger partial charge in [0.2, 0.25) is 0 Å². The van der Waals surface area contributed by atoms with E-state index in [4.69, 9.17) is 21.1 Å². The van der Waals surface area contributed by atoms with Gasteiger partial charge in [0.1, 0.15) is 0 Å². The first-order chi connectivity index (χ1) is 8.17. The Morgan fingerprint density at radius 2 is 2.29 bits per heavy atom. The molecule has 1 aliphatic rings. The summed E-state index contributed by atoms with van der Waals surface area (Å²) in [6.07, 6.45) is 0.258. The number of ether oxygens (including phenoxy) is 2. The molecular weight excluding hydrogens is 240 g/mol. The molecule has 5 heteroatoms. The van der Waals surface area contributed by atoms with Gasteiger partial charge in [-0.1, -0.05) is 0 Å². The van der Waals surface area contributed by atoms with Gasteiger partial charge < -0.3 is 14.8 Å². The van der Waals surface area contributed by atoms with Crippen LogP contribution < -0.4 is 5.32 Å². The minimum Gasteiger partial charge on any atom is -0.383 e. The summed E-state index contributed by atoms with van der Waals surface area (Å²) in [5, 5.41) is 3.39. The third kappa shape index (κ3) is 5.53. The first-order valence-electron chi connectivity index (χ1n) is 6.31. The van der Waals surface area contributed by atoms with Crippen molar-refractivity contribution in [2.45, 2.75) is 32.0 Å². The highest BCUT2D eigenvalue weighted by molar-refractivity contribution is 6.18. The molecule has 4 nitrogen and oxygen atoms in total. The third-order valence-corrected chi connectivity index (χ3v) is 3.46. The van der Waals surface area contributed by atoms with Crippen LogP contribution in [0.4, 0.5) is 0 Å². The molecule has 0 bridgehead atoms. The SMILES string of the molecule is COCC(CCl)NCC1CN(C(C)C)CCO1. The molecule has 1 N–H and O–H groups in total. The van der Waals surface area contributed by atoms with Gasteiger partial charge >= 0.3 is 0 Å². The molecule has 1 saturated heterocycles. The quantitative estimate of drug-likeness (QED) is 0.694. The summed E-state index contributed by atoms with van der Waals surface area (Å²) in [5.74, 6) is 0.564. The molecule has 2 atom stereocenters. The van der Waals surface area contributed by atoms with Gasteiger partial charge in [0.25, 0.3) is 0 Å². The molecule has 0 aromatic heterocycles. The van der Waals surface area contributed by atoms with Crippen LogP contribution in [0.15, 0.2) is 0 Å². The summed E-state index contributed by atoms with van der Waals surface area (Å²) >= 11 is 5.85. The van der Waals surface area contributed by atoms with Crippen LogP contribution in [-0.2, 0) is 9.47 Å². The molecule has 0 spiro atoms. The molecule has 17 heavy (non-hydrogen) atoms. The lowest BCUT2D eigenvalue weighted by molar-refractivity contribution is -0.0386. The summed E-state index contributed by atoms with van der Waals surface area (Å²) in [7, 11) is 1.69. The fourth-order valence-electron chi connectivity index (χ4n) is 1.99. The van der Waals surface area contributed by atoms with Crippen LogP contribution in [0, 0.1) is 0 Å². The van der Waals surface area contributed by atoms with E-state index in [2.05, 4.69) is 24.1 Å². The van der Waals surface area contributed by atoms with Crippen LogP contribution in [0.5, 0.6) is 0 Å². The molecule has 0 aromatic rings. The Morgan fingerprint density at radius 1 is 1.53 bits per heavy atom. The van der Waals surface area contributed by atoms with Gasteiger partial charge in [-0.15, -0.1) is 11.6 Å². The number of morpholine rings is 1. The van der Waals surface area contributed by atoms with E-state index in [1.807, 2.05) is 0 Å². The maximum atomic E-state index is 5.85. The fraction of sp³-hybridized carbons (Fsp3) is 1.00. The smallest absolute Gasteiger partial charge is 0.0826 e. The molecule has 1 fully saturated rings. The Bertz CT molecular complexity index is 205. The number of nitrogens with zero attached hydrogens (tertiary/aromatic N) is 1. The second kappa shape index (κ2) is 8.27. The Labute approximate surface area is 110 Å². The first-order valence-corrected chi connectivity index (χ1v) is 6.84. The maximum absolute atomic E-state index is 5.85. The van der Waals surface area contributed by atoms with Gasteiger partial charge in [0.15, 0.2) is 0 Å². The average Bonchev–Trinajstić information content (AvgIpc) is 2.34. The van der Waals surface area contributed by atoms with Crippen molar-refractivity contribution in [1.29, 1.82) is 0 Å². The Kier molecular flexibility index (Phi) is 7.39. The van der Waals surface area contributed by atoms with Crippen LogP contribution in [0.25, 0.3) is 0 Å². The van der Waals surface area contributed by atoms with Crippen LogP contribution in [-0.4, -0.2) is 68.9 Å². The van der Waals surface area contributed by atoms with E-state index in [1.54, 1.807) is 7.11 Å². The van der Waals surface area contributed by atoms with E-state index in [0.29, 0.717) is 18.5 Å². The number of alkyl halides is 1. The number of rotatable bonds is 7. The predicted octanol–water partition coefficient (Wildman–Crippen LogP) is 0.939. The van der Waals surface area contributed by atoms with Crippen molar-refractivity contribution in [2.24, 2.45) is 0 Å². The minimum atomic E-state index is 0.208. The minimum absolute atomic E-state index is 0.208. The summed E-state index contributed by atoms with van der Waals surface area (Å²) in [6.45, 7) is 8.77. The third-order valence-electron chi connectivity index (χ3n) is 3.09. The number of nitrogens with one attached hydrogen (secondary N) is 1. The van der Waals surface area contributed by atoms with E-state index >= 15 is 0 Å². The molecular formula is C12H25ClN2O2. The number of hydrogen-bond acceptors (Lipinski definition) is 4. The average molecular weight is 265 g/mol. The van der Waals surface area contributed by atoms with Crippen LogP contribution in [0.3, 0.4) is 0 Å². The molecule has 0 radical (unpaired) electrons. The Balaban J connectivity index is 2.26. The predicted molar refractivity (Wildman–Crippen MR) is 70.8 cm³/mol. The molecule has 2 unspecified atom stereocenters. The summed E-state index contributed by atoms with van der Waals surface area (Å²) in [4.78, 5) is 2.45. The van der Waals surface area contributed by atoms with Gasteiger partial charge in [-0.25, -0.2) is 0 Å². The lowest BCUT2D eigenvalue weighted by Gasteiger charge is -2.36. The van der Waals surface area contributed by atoms with E-state index in [9.17, 15) is 0 Å². The molecule has 1 aliphatic heterocycles. The Morgan fingerprint density at radius 3 is 2.88 bits per heavy atom. The Hall–Kier alpha value is 0.130. The van der Waals surface area contributed by atoms with Gasteiger partial charge in [0, 0.05) is 44.7 Å². The molecule has 1 rings (SSSR count). The van der Waals surface area contributed by atoms with E-state index in [0.717, 1.165) is 26.2 Å². The normalized spacial score (nSPS) is 24.2. The summed E-state index contributed by atoms with van der Waals surface area (Å²) in [6, 6.07) is 0.795. The van der Waals surface area contributed by atoms with Gasteiger partial charge in [0.05, 0.1) is 19.3 Å². The van der Waals surface area contributed by atoms with Crippen LogP contribution >= 0.6 is 11.6 Å². The second-order valence-electron chi connectivity index (χ2n) is 4.80. The first kappa shape index (κ1) is 15.2. The molecule has 0 aromatic carbocycles. The molecule has 0 amide bonds. The number of methoxy groups -OCH3 is 1. The van der Waals surface area contributed by atoms with E-state index < -0.39 is 0 Å². The van der Waals surface area contributed by atoms with Crippen molar-refractivity contribution in [3.8, 4) is 0 Å². The molecule has 0 aliphatic carbocycles. The lowest BCUT2D eigenvalue weighted by atomic mass is 10.2. The number of halogens is 1. The number of hydrogen-bond donors (Lipinski definition) is 1. The van der Waals surface area contributed by atoms with Crippen molar-refractivity contribution in [3.63, 3.8) is 0 Å². The van der Waals surface area contributed by atoms with E-state index in [-0.39, 0.29) is 12.1 Å². The lowest BCUT2D eigenvalue weighted by Crippen LogP contribution is -2.51. The zero-order valence-electron chi connectivity index (χ0n) is 11.1. The molecule has 0 saturated carbocycles. The standard InChI is InChI=1S/C12H25ClN2O2/c1-10(2)15-4-5-17-12(8-15)7-14-11(6-13)9-16-3/h10-12,14H,4-9H2,1-3H3. The summed E-state index contributed by atoms with van der Waals surface area (Å²) < 4.78 is 10.8. The van der Waals surface area contributed by atoms with Crippen molar-refractivity contribution >= 4 is 11.6 Å². The topological polar surface area (TPSA) is 33.7 Å². The van der Waals surface area contributed by atoms with Gasteiger partial charge in [-0.3, -0.25) is 4.90 Å². The van der Waals surface area contributed by atoms with Gasteiger partial charge in [-0.2, -0.15) is 0 Å². The fourth-order valence-corrected chi connectivity index (χ4v) is 2.19. The highest BCUT2D eigenvalue weighted by Crippen LogP contribution is 2.08. The van der Waals surface area contributed by atoms with Crippen molar-refractivity contribution in [2.75, 3.05) is 45.8 Å². The van der Waals surface area contributed by atoms with Crippen molar-refractivity contribution in [3.05, 3.63) is 0 Å². The van der Waals surface area contributed by atoms with Crippen molar-refractivity contribution < 1.29 is 9.47 Å². The molecule has 102 valence electrons. The highest BCUT2D eigenvalue weighted by Gasteiger charge is 2.22. The maximum Gasteiger partial charge on any atom is 0.0826 e. The highest BCUT2D eigenvalue weighted by atomic mass is 35.5.